The highest BCUT2D eigenvalue weighted by Gasteiger charge is 2.23. The van der Waals surface area contributed by atoms with Gasteiger partial charge in [-0.25, -0.2) is 4.79 Å². The Hall–Kier alpha value is -3.06. The van der Waals surface area contributed by atoms with Gasteiger partial charge in [-0.3, -0.25) is 9.89 Å². The van der Waals surface area contributed by atoms with E-state index in [2.05, 4.69) is 32.7 Å². The zero-order valence-electron chi connectivity index (χ0n) is 19.3. The zero-order chi connectivity index (χ0) is 22.8. The molecule has 1 aliphatic heterocycles. The number of likely N-dealkylation sites (tertiary alicyclic amines) is 1. The number of rotatable bonds is 9. The number of aliphatic imine (C=N–C) groups is 1. The Morgan fingerprint density at radius 2 is 1.72 bits per heavy atom. The third-order valence-electron chi connectivity index (χ3n) is 5.85. The summed E-state index contributed by atoms with van der Waals surface area (Å²) in [7, 11) is 4.87. The number of nitrogens with zero attached hydrogens (tertiary/aromatic N) is 2. The van der Waals surface area contributed by atoms with E-state index in [9.17, 15) is 4.79 Å². The molecule has 2 aromatic carbocycles. The second-order valence-corrected chi connectivity index (χ2v) is 7.85. The third kappa shape index (κ3) is 6.47. The molecule has 1 heterocycles. The number of benzene rings is 2. The summed E-state index contributed by atoms with van der Waals surface area (Å²) in [5.74, 6) is 1.34. The standard InChI is InChI=1S/C25H34N4O3/c1-26-25(27-15-14-19-6-8-21(9-7-19)24(30)32-3)28-18-23(29-16-4-5-17-29)20-10-12-22(31-2)13-11-20/h6-13,23H,4-5,14-18H2,1-3H3,(H2,26,27,28). The lowest BCUT2D eigenvalue weighted by atomic mass is 10.1. The number of carbonyl (C=O) groups excluding carboxylic acids is 1. The van der Waals surface area contributed by atoms with Crippen molar-refractivity contribution >= 4 is 11.9 Å². The SMILES string of the molecule is CN=C(NCCc1ccc(C(=O)OC)cc1)NCC(c1ccc(OC)cc1)N1CCCC1. The van der Waals surface area contributed by atoms with E-state index in [1.165, 1.54) is 25.5 Å². The van der Waals surface area contributed by atoms with Gasteiger partial charge >= 0.3 is 5.97 Å². The molecule has 1 fully saturated rings. The molecule has 0 spiro atoms. The maximum atomic E-state index is 11.6. The molecule has 0 aromatic heterocycles. The number of esters is 1. The summed E-state index contributed by atoms with van der Waals surface area (Å²) in [5.41, 5.74) is 2.99. The summed E-state index contributed by atoms with van der Waals surface area (Å²) >= 11 is 0. The van der Waals surface area contributed by atoms with E-state index >= 15 is 0 Å². The number of hydrogen-bond donors (Lipinski definition) is 2. The average molecular weight is 439 g/mol. The van der Waals surface area contributed by atoms with Gasteiger partial charge in [0.05, 0.1) is 25.8 Å². The molecular formula is C25H34N4O3. The van der Waals surface area contributed by atoms with Gasteiger partial charge in [-0.1, -0.05) is 24.3 Å². The van der Waals surface area contributed by atoms with Gasteiger partial charge < -0.3 is 20.1 Å². The molecule has 1 saturated heterocycles. The predicted octanol–water partition coefficient (Wildman–Crippen LogP) is 3.03. The van der Waals surface area contributed by atoms with Crippen molar-refractivity contribution in [3.05, 3.63) is 65.2 Å². The van der Waals surface area contributed by atoms with Crippen LogP contribution in [-0.4, -0.2) is 64.3 Å². The summed E-state index contributed by atoms with van der Waals surface area (Å²) in [4.78, 5) is 18.5. The molecule has 7 heteroatoms. The fourth-order valence-corrected chi connectivity index (χ4v) is 4.00. The zero-order valence-corrected chi connectivity index (χ0v) is 19.3. The molecule has 0 amide bonds. The van der Waals surface area contributed by atoms with Crippen LogP contribution < -0.4 is 15.4 Å². The summed E-state index contributed by atoms with van der Waals surface area (Å²) in [6.45, 7) is 3.76. The minimum absolute atomic E-state index is 0.285. The highest BCUT2D eigenvalue weighted by atomic mass is 16.5. The predicted molar refractivity (Wildman–Crippen MR) is 127 cm³/mol. The van der Waals surface area contributed by atoms with Gasteiger partial charge in [-0.15, -0.1) is 0 Å². The molecule has 0 aliphatic carbocycles. The molecule has 3 rings (SSSR count). The van der Waals surface area contributed by atoms with Crippen LogP contribution in [0.15, 0.2) is 53.5 Å². The molecule has 0 radical (unpaired) electrons. The van der Waals surface area contributed by atoms with Crippen LogP contribution in [0.1, 0.15) is 40.4 Å². The van der Waals surface area contributed by atoms with E-state index in [0.29, 0.717) is 5.56 Å². The van der Waals surface area contributed by atoms with Crippen molar-refractivity contribution in [2.45, 2.75) is 25.3 Å². The van der Waals surface area contributed by atoms with Crippen molar-refractivity contribution in [1.82, 2.24) is 15.5 Å². The summed E-state index contributed by atoms with van der Waals surface area (Å²) in [6, 6.07) is 16.1. The summed E-state index contributed by atoms with van der Waals surface area (Å²) < 4.78 is 10.1. The second kappa shape index (κ2) is 12.1. The maximum absolute atomic E-state index is 11.6. The van der Waals surface area contributed by atoms with E-state index in [1.807, 2.05) is 24.3 Å². The van der Waals surface area contributed by atoms with Gasteiger partial charge in [0.25, 0.3) is 0 Å². The van der Waals surface area contributed by atoms with Gasteiger partial charge in [0.2, 0.25) is 0 Å². The van der Waals surface area contributed by atoms with Crippen LogP contribution in [0.25, 0.3) is 0 Å². The van der Waals surface area contributed by atoms with Crippen molar-refractivity contribution < 1.29 is 14.3 Å². The van der Waals surface area contributed by atoms with Gasteiger partial charge in [0.15, 0.2) is 5.96 Å². The van der Waals surface area contributed by atoms with Gasteiger partial charge in [0.1, 0.15) is 5.75 Å². The van der Waals surface area contributed by atoms with E-state index < -0.39 is 0 Å². The largest absolute Gasteiger partial charge is 0.497 e. The lowest BCUT2D eigenvalue weighted by molar-refractivity contribution is 0.0600. The topological polar surface area (TPSA) is 75.2 Å². The van der Waals surface area contributed by atoms with Crippen LogP contribution in [0, 0.1) is 0 Å². The van der Waals surface area contributed by atoms with Gasteiger partial charge in [-0.05, 0) is 67.7 Å². The van der Waals surface area contributed by atoms with Crippen molar-refractivity contribution in [2.24, 2.45) is 4.99 Å². The Kier molecular flexibility index (Phi) is 8.92. The fourth-order valence-electron chi connectivity index (χ4n) is 4.00. The highest BCUT2D eigenvalue weighted by molar-refractivity contribution is 5.89. The first-order valence-electron chi connectivity index (χ1n) is 11.1. The van der Waals surface area contributed by atoms with E-state index in [0.717, 1.165) is 49.9 Å². The van der Waals surface area contributed by atoms with E-state index in [1.54, 1.807) is 26.3 Å². The number of ether oxygens (including phenoxy) is 2. The average Bonchev–Trinajstić information content (AvgIpc) is 3.38. The molecule has 2 aromatic rings. The van der Waals surface area contributed by atoms with Crippen molar-refractivity contribution in [1.29, 1.82) is 0 Å². The Morgan fingerprint density at radius 3 is 2.31 bits per heavy atom. The van der Waals surface area contributed by atoms with Crippen molar-refractivity contribution in [2.75, 3.05) is 47.4 Å². The van der Waals surface area contributed by atoms with Crippen LogP contribution in [0.4, 0.5) is 0 Å². The molecular weight excluding hydrogens is 404 g/mol. The number of nitrogens with one attached hydrogen (secondary N) is 2. The first-order chi connectivity index (χ1) is 15.6. The number of hydrogen-bond acceptors (Lipinski definition) is 5. The molecule has 172 valence electrons. The first kappa shape index (κ1) is 23.6. The van der Waals surface area contributed by atoms with E-state index in [-0.39, 0.29) is 12.0 Å². The number of guanidine groups is 1. The normalized spacial score (nSPS) is 15.3. The molecule has 2 N–H and O–H groups in total. The van der Waals surface area contributed by atoms with Crippen LogP contribution in [0.5, 0.6) is 5.75 Å². The third-order valence-corrected chi connectivity index (χ3v) is 5.85. The van der Waals surface area contributed by atoms with E-state index in [4.69, 9.17) is 9.47 Å². The maximum Gasteiger partial charge on any atom is 0.337 e. The van der Waals surface area contributed by atoms with Crippen molar-refractivity contribution in [3.8, 4) is 5.75 Å². The lowest BCUT2D eigenvalue weighted by Gasteiger charge is -2.29. The van der Waals surface area contributed by atoms with Crippen LogP contribution in [-0.2, 0) is 11.2 Å². The minimum Gasteiger partial charge on any atom is -0.497 e. The molecule has 0 bridgehead atoms. The molecule has 1 atom stereocenters. The Bertz CT molecular complexity index is 875. The summed E-state index contributed by atoms with van der Waals surface area (Å²) in [6.07, 6.45) is 3.32. The fraction of sp³-hybridized carbons (Fsp3) is 0.440. The molecule has 1 aliphatic rings. The molecule has 0 saturated carbocycles. The van der Waals surface area contributed by atoms with Crippen molar-refractivity contribution in [3.63, 3.8) is 0 Å². The highest BCUT2D eigenvalue weighted by Crippen LogP contribution is 2.26. The quantitative estimate of drug-likeness (QED) is 0.356. The number of methoxy groups -OCH3 is 2. The first-order valence-corrected chi connectivity index (χ1v) is 11.1. The number of carbonyl (C=O) groups is 1. The van der Waals surface area contributed by atoms with Crippen LogP contribution in [0.3, 0.4) is 0 Å². The Morgan fingerprint density at radius 1 is 1.03 bits per heavy atom. The van der Waals surface area contributed by atoms with Gasteiger partial charge in [-0.2, -0.15) is 0 Å². The monoisotopic (exact) mass is 438 g/mol. The molecule has 1 unspecified atom stereocenters. The Balaban J connectivity index is 1.53. The Labute approximate surface area is 190 Å². The summed E-state index contributed by atoms with van der Waals surface area (Å²) in [5, 5.41) is 6.89. The smallest absolute Gasteiger partial charge is 0.337 e. The minimum atomic E-state index is -0.316. The van der Waals surface area contributed by atoms with Crippen LogP contribution >= 0.6 is 0 Å². The molecule has 7 nitrogen and oxygen atoms in total. The van der Waals surface area contributed by atoms with Crippen LogP contribution in [0.2, 0.25) is 0 Å². The second-order valence-electron chi connectivity index (χ2n) is 7.85. The molecule has 32 heavy (non-hydrogen) atoms. The lowest BCUT2D eigenvalue weighted by Crippen LogP contribution is -2.43. The van der Waals surface area contributed by atoms with Gasteiger partial charge in [0, 0.05) is 20.1 Å².